The molecular weight excluding hydrogens is 344 g/mol. The van der Waals surface area contributed by atoms with Gasteiger partial charge in [0.05, 0.1) is 11.1 Å². The first-order valence-corrected chi connectivity index (χ1v) is 8.99. The van der Waals surface area contributed by atoms with Gasteiger partial charge in [-0.1, -0.05) is 42.5 Å². The van der Waals surface area contributed by atoms with Crippen LogP contribution in [0.2, 0.25) is 0 Å². The lowest BCUT2D eigenvalue weighted by atomic mass is 9.93. The van der Waals surface area contributed by atoms with E-state index in [0.717, 1.165) is 10.5 Å². The van der Waals surface area contributed by atoms with Crippen molar-refractivity contribution >= 4 is 17.7 Å². The van der Waals surface area contributed by atoms with Crippen molar-refractivity contribution in [3.63, 3.8) is 0 Å². The number of hydrogen-bond acceptors (Lipinski definition) is 4. The molecule has 6 nitrogen and oxygen atoms in total. The van der Waals surface area contributed by atoms with Crippen LogP contribution in [0.3, 0.4) is 0 Å². The Morgan fingerprint density at radius 2 is 1.52 bits per heavy atom. The third-order valence-corrected chi connectivity index (χ3v) is 4.74. The SMILES string of the molecule is O=C(CN1C(=O)c2ccccc2C1=O)NCCC(CCO)c1ccccc1. The molecule has 0 saturated carbocycles. The summed E-state index contributed by atoms with van der Waals surface area (Å²) in [6.07, 6.45) is 1.27. The van der Waals surface area contributed by atoms with Gasteiger partial charge in [0, 0.05) is 13.2 Å². The number of amides is 3. The average Bonchev–Trinajstić information content (AvgIpc) is 2.93. The number of hydrogen-bond donors (Lipinski definition) is 2. The number of carbonyl (C=O) groups excluding carboxylic acids is 3. The van der Waals surface area contributed by atoms with Gasteiger partial charge in [0.15, 0.2) is 0 Å². The topological polar surface area (TPSA) is 86.7 Å². The zero-order valence-corrected chi connectivity index (χ0v) is 14.9. The molecular formula is C21H22N2O4. The molecule has 0 aliphatic carbocycles. The largest absolute Gasteiger partial charge is 0.396 e. The quantitative estimate of drug-likeness (QED) is 0.699. The van der Waals surface area contributed by atoms with Crippen LogP contribution in [-0.2, 0) is 4.79 Å². The van der Waals surface area contributed by atoms with Crippen molar-refractivity contribution in [2.24, 2.45) is 0 Å². The summed E-state index contributed by atoms with van der Waals surface area (Å²) in [7, 11) is 0. The number of benzene rings is 2. The fourth-order valence-corrected chi connectivity index (χ4v) is 3.33. The Kier molecular flexibility index (Phi) is 5.98. The van der Waals surface area contributed by atoms with E-state index in [0.29, 0.717) is 30.5 Å². The molecule has 6 heteroatoms. The standard InChI is InChI=1S/C21H22N2O4/c24-13-11-16(15-6-2-1-3-7-15)10-12-22-19(25)14-23-20(26)17-8-4-5-9-18(17)21(23)27/h1-9,16,24H,10-14H2,(H,22,25). The summed E-state index contributed by atoms with van der Waals surface area (Å²) < 4.78 is 0. The van der Waals surface area contributed by atoms with Crippen molar-refractivity contribution in [2.45, 2.75) is 18.8 Å². The molecule has 2 aromatic rings. The maximum absolute atomic E-state index is 12.3. The van der Waals surface area contributed by atoms with E-state index in [1.54, 1.807) is 24.3 Å². The van der Waals surface area contributed by atoms with Gasteiger partial charge in [0.1, 0.15) is 6.54 Å². The summed E-state index contributed by atoms with van der Waals surface area (Å²) in [5, 5.41) is 12.0. The van der Waals surface area contributed by atoms with Crippen LogP contribution in [0.15, 0.2) is 54.6 Å². The molecule has 1 atom stereocenters. The van der Waals surface area contributed by atoms with Crippen molar-refractivity contribution < 1.29 is 19.5 Å². The van der Waals surface area contributed by atoms with Crippen molar-refractivity contribution in [1.82, 2.24) is 10.2 Å². The van der Waals surface area contributed by atoms with Crippen LogP contribution in [0, 0.1) is 0 Å². The Morgan fingerprint density at radius 1 is 0.926 bits per heavy atom. The molecule has 27 heavy (non-hydrogen) atoms. The smallest absolute Gasteiger partial charge is 0.262 e. The van der Waals surface area contributed by atoms with Gasteiger partial charge in [-0.3, -0.25) is 19.3 Å². The van der Waals surface area contributed by atoms with E-state index >= 15 is 0 Å². The number of aliphatic hydroxyl groups is 1. The highest BCUT2D eigenvalue weighted by molar-refractivity contribution is 6.22. The molecule has 0 saturated heterocycles. The molecule has 0 spiro atoms. The third kappa shape index (κ3) is 4.23. The summed E-state index contributed by atoms with van der Waals surface area (Å²) in [6.45, 7) is 0.187. The molecule has 3 amide bonds. The Labute approximate surface area is 157 Å². The molecule has 1 aliphatic heterocycles. The highest BCUT2D eigenvalue weighted by atomic mass is 16.3. The highest BCUT2D eigenvalue weighted by Gasteiger charge is 2.36. The number of nitrogens with zero attached hydrogens (tertiary/aromatic N) is 1. The zero-order chi connectivity index (χ0) is 19.2. The van der Waals surface area contributed by atoms with Gasteiger partial charge in [-0.2, -0.15) is 0 Å². The lowest BCUT2D eigenvalue weighted by molar-refractivity contribution is -0.121. The summed E-state index contributed by atoms with van der Waals surface area (Å²) in [4.78, 5) is 37.8. The van der Waals surface area contributed by atoms with Gasteiger partial charge in [-0.05, 0) is 36.5 Å². The van der Waals surface area contributed by atoms with E-state index in [2.05, 4.69) is 5.32 Å². The minimum Gasteiger partial charge on any atom is -0.396 e. The second-order valence-electron chi connectivity index (χ2n) is 6.50. The molecule has 1 heterocycles. The van der Waals surface area contributed by atoms with E-state index in [-0.39, 0.29) is 25.0 Å². The summed E-state index contributed by atoms with van der Waals surface area (Å²) >= 11 is 0. The van der Waals surface area contributed by atoms with E-state index in [1.807, 2.05) is 30.3 Å². The normalized spacial score (nSPS) is 14.2. The molecule has 0 bridgehead atoms. The second kappa shape index (κ2) is 8.60. The Bertz CT molecular complexity index is 800. The fraction of sp³-hybridized carbons (Fsp3) is 0.286. The van der Waals surface area contributed by atoms with Crippen LogP contribution >= 0.6 is 0 Å². The lowest BCUT2D eigenvalue weighted by Gasteiger charge is -2.18. The molecule has 1 aliphatic rings. The third-order valence-electron chi connectivity index (χ3n) is 4.74. The second-order valence-corrected chi connectivity index (χ2v) is 6.50. The maximum Gasteiger partial charge on any atom is 0.262 e. The molecule has 1 unspecified atom stereocenters. The molecule has 2 aromatic carbocycles. The van der Waals surface area contributed by atoms with Crippen molar-refractivity contribution in [3.8, 4) is 0 Å². The predicted molar refractivity (Wildman–Crippen MR) is 100 cm³/mol. The van der Waals surface area contributed by atoms with Crippen LogP contribution < -0.4 is 5.32 Å². The van der Waals surface area contributed by atoms with Gasteiger partial charge >= 0.3 is 0 Å². The Morgan fingerprint density at radius 3 is 2.11 bits per heavy atom. The van der Waals surface area contributed by atoms with Crippen LogP contribution in [0.5, 0.6) is 0 Å². The van der Waals surface area contributed by atoms with Crippen LogP contribution in [0.25, 0.3) is 0 Å². The first kappa shape index (κ1) is 18.8. The number of nitrogens with one attached hydrogen (secondary N) is 1. The number of carbonyl (C=O) groups is 3. The number of imide groups is 1. The Balaban J connectivity index is 1.53. The molecule has 0 fully saturated rings. The molecule has 2 N–H and O–H groups in total. The minimum atomic E-state index is -0.437. The van der Waals surface area contributed by atoms with E-state index in [9.17, 15) is 19.5 Å². The summed E-state index contributed by atoms with van der Waals surface area (Å²) in [6, 6.07) is 16.4. The van der Waals surface area contributed by atoms with Gasteiger partial charge < -0.3 is 10.4 Å². The van der Waals surface area contributed by atoms with Gasteiger partial charge in [-0.15, -0.1) is 0 Å². The highest BCUT2D eigenvalue weighted by Crippen LogP contribution is 2.23. The predicted octanol–water partition coefficient (Wildman–Crippen LogP) is 1.96. The summed E-state index contributed by atoms with van der Waals surface area (Å²) in [5.74, 6) is -1.11. The molecule has 0 radical (unpaired) electrons. The zero-order valence-electron chi connectivity index (χ0n) is 14.9. The van der Waals surface area contributed by atoms with E-state index < -0.39 is 11.8 Å². The van der Waals surface area contributed by atoms with Gasteiger partial charge in [0.25, 0.3) is 11.8 Å². The van der Waals surface area contributed by atoms with Crippen LogP contribution in [-0.4, -0.2) is 47.4 Å². The van der Waals surface area contributed by atoms with E-state index in [4.69, 9.17) is 0 Å². The first-order valence-electron chi connectivity index (χ1n) is 8.99. The number of rotatable bonds is 8. The minimum absolute atomic E-state index is 0.0720. The summed E-state index contributed by atoms with van der Waals surface area (Å²) in [5.41, 5.74) is 1.78. The molecule has 0 aromatic heterocycles. The first-order chi connectivity index (χ1) is 13.1. The van der Waals surface area contributed by atoms with Crippen molar-refractivity contribution in [2.75, 3.05) is 19.7 Å². The van der Waals surface area contributed by atoms with Crippen molar-refractivity contribution in [3.05, 3.63) is 71.3 Å². The maximum atomic E-state index is 12.3. The number of aliphatic hydroxyl groups excluding tert-OH is 1. The number of fused-ring (bicyclic) bond motifs is 1. The van der Waals surface area contributed by atoms with E-state index in [1.165, 1.54) is 0 Å². The van der Waals surface area contributed by atoms with Crippen molar-refractivity contribution in [1.29, 1.82) is 0 Å². The lowest BCUT2D eigenvalue weighted by Crippen LogP contribution is -2.40. The van der Waals surface area contributed by atoms with Gasteiger partial charge in [0.2, 0.25) is 5.91 Å². The average molecular weight is 366 g/mol. The van der Waals surface area contributed by atoms with Crippen LogP contribution in [0.1, 0.15) is 45.0 Å². The molecule has 3 rings (SSSR count). The molecule has 140 valence electrons. The van der Waals surface area contributed by atoms with Gasteiger partial charge in [-0.25, -0.2) is 0 Å². The Hall–Kier alpha value is -2.99. The van der Waals surface area contributed by atoms with Crippen LogP contribution in [0.4, 0.5) is 0 Å². The monoisotopic (exact) mass is 366 g/mol. The fourth-order valence-electron chi connectivity index (χ4n) is 3.33.